The molecule has 1 unspecified atom stereocenters. The van der Waals surface area contributed by atoms with Crippen LogP contribution in [0.5, 0.6) is 0 Å². The van der Waals surface area contributed by atoms with E-state index in [1.807, 2.05) is 0 Å². The van der Waals surface area contributed by atoms with Crippen molar-refractivity contribution < 1.29 is 22.5 Å². The SMILES string of the molecule is CC(C(=O)C(F)(F)F)c1nc(-c2ccc(Br)s2)no1. The van der Waals surface area contributed by atoms with Crippen LogP contribution in [0.4, 0.5) is 13.2 Å². The number of hydrogen-bond acceptors (Lipinski definition) is 5. The Hall–Kier alpha value is -1.22. The average Bonchev–Trinajstić information content (AvgIpc) is 2.94. The lowest BCUT2D eigenvalue weighted by Gasteiger charge is -2.07. The summed E-state index contributed by atoms with van der Waals surface area (Å²) in [5, 5.41) is 3.57. The number of rotatable bonds is 3. The highest BCUT2D eigenvalue weighted by Gasteiger charge is 2.44. The molecular weight excluding hydrogens is 349 g/mol. The van der Waals surface area contributed by atoms with Crippen molar-refractivity contribution in [2.45, 2.75) is 19.0 Å². The molecule has 0 aliphatic rings. The first-order chi connectivity index (χ1) is 8.79. The molecular formula is C10H6BrF3N2O2S. The summed E-state index contributed by atoms with van der Waals surface area (Å²) in [4.78, 5) is 15.5. The summed E-state index contributed by atoms with van der Waals surface area (Å²) in [6.45, 7) is 1.08. The van der Waals surface area contributed by atoms with Gasteiger partial charge in [-0.2, -0.15) is 18.2 Å². The average molecular weight is 355 g/mol. The number of thiophene rings is 1. The van der Waals surface area contributed by atoms with E-state index in [4.69, 9.17) is 4.52 Å². The van der Waals surface area contributed by atoms with Gasteiger partial charge in [0.15, 0.2) is 0 Å². The molecule has 2 heterocycles. The van der Waals surface area contributed by atoms with Crippen LogP contribution in [0.1, 0.15) is 18.7 Å². The zero-order valence-electron chi connectivity index (χ0n) is 9.36. The van der Waals surface area contributed by atoms with Gasteiger partial charge in [-0.15, -0.1) is 11.3 Å². The van der Waals surface area contributed by atoms with Gasteiger partial charge in [0.2, 0.25) is 17.5 Å². The van der Waals surface area contributed by atoms with Gasteiger partial charge in [0.05, 0.1) is 8.66 Å². The predicted molar refractivity (Wildman–Crippen MR) is 64.8 cm³/mol. The maximum Gasteiger partial charge on any atom is 0.450 e. The van der Waals surface area contributed by atoms with E-state index in [2.05, 4.69) is 26.1 Å². The summed E-state index contributed by atoms with van der Waals surface area (Å²) in [6, 6.07) is 3.44. The maximum atomic E-state index is 12.3. The monoisotopic (exact) mass is 354 g/mol. The Morgan fingerprint density at radius 2 is 2.16 bits per heavy atom. The van der Waals surface area contributed by atoms with Crippen LogP contribution in [0.3, 0.4) is 0 Å². The Balaban J connectivity index is 2.24. The molecule has 0 aliphatic heterocycles. The van der Waals surface area contributed by atoms with Crippen LogP contribution in [-0.4, -0.2) is 22.1 Å². The Bertz CT molecular complexity index is 608. The summed E-state index contributed by atoms with van der Waals surface area (Å²) < 4.78 is 42.4. The molecule has 0 fully saturated rings. The zero-order chi connectivity index (χ0) is 14.2. The minimum atomic E-state index is -4.92. The Morgan fingerprint density at radius 1 is 1.47 bits per heavy atom. The van der Waals surface area contributed by atoms with Crippen molar-refractivity contribution in [3.05, 3.63) is 21.8 Å². The number of carbonyl (C=O) groups is 1. The highest BCUT2D eigenvalue weighted by atomic mass is 79.9. The summed E-state index contributed by atoms with van der Waals surface area (Å²) in [7, 11) is 0. The number of Topliss-reactive ketones (excluding diaryl/α,β-unsaturated/α-hetero) is 1. The number of halogens is 4. The fraction of sp³-hybridized carbons (Fsp3) is 0.300. The van der Waals surface area contributed by atoms with Crippen LogP contribution in [0.2, 0.25) is 0 Å². The largest absolute Gasteiger partial charge is 0.450 e. The van der Waals surface area contributed by atoms with Gasteiger partial charge in [0.1, 0.15) is 5.92 Å². The molecule has 0 amide bonds. The van der Waals surface area contributed by atoms with E-state index in [9.17, 15) is 18.0 Å². The van der Waals surface area contributed by atoms with Gasteiger partial charge in [-0.25, -0.2) is 0 Å². The van der Waals surface area contributed by atoms with Gasteiger partial charge in [-0.05, 0) is 35.0 Å². The molecule has 102 valence electrons. The summed E-state index contributed by atoms with van der Waals surface area (Å²) >= 11 is 4.55. The van der Waals surface area contributed by atoms with E-state index in [1.54, 1.807) is 12.1 Å². The van der Waals surface area contributed by atoms with E-state index >= 15 is 0 Å². The standard InChI is InChI=1S/C10H6BrF3N2O2S/c1-4(7(17)10(12,13)14)9-15-8(16-18-9)5-2-3-6(11)19-5/h2-4H,1H3. The number of hydrogen-bond donors (Lipinski definition) is 0. The third kappa shape index (κ3) is 3.03. The molecule has 0 radical (unpaired) electrons. The minimum absolute atomic E-state index is 0.160. The molecule has 9 heteroatoms. The van der Waals surface area contributed by atoms with Crippen molar-refractivity contribution in [1.82, 2.24) is 10.1 Å². The van der Waals surface area contributed by atoms with Crippen molar-refractivity contribution in [3.8, 4) is 10.7 Å². The molecule has 0 bridgehead atoms. The number of alkyl halides is 3. The maximum absolute atomic E-state index is 12.3. The highest BCUT2D eigenvalue weighted by molar-refractivity contribution is 9.11. The summed E-state index contributed by atoms with van der Waals surface area (Å²) in [5.41, 5.74) is 0. The minimum Gasteiger partial charge on any atom is -0.338 e. The first-order valence-electron chi connectivity index (χ1n) is 4.99. The van der Waals surface area contributed by atoms with Crippen LogP contribution in [0.15, 0.2) is 20.4 Å². The van der Waals surface area contributed by atoms with Crippen molar-refractivity contribution in [1.29, 1.82) is 0 Å². The lowest BCUT2D eigenvalue weighted by atomic mass is 10.1. The molecule has 4 nitrogen and oxygen atoms in total. The van der Waals surface area contributed by atoms with Crippen molar-refractivity contribution in [2.24, 2.45) is 0 Å². The van der Waals surface area contributed by atoms with Crippen LogP contribution >= 0.6 is 27.3 Å². The Labute approximate surface area is 117 Å². The second-order valence-corrected chi connectivity index (χ2v) is 6.11. The van der Waals surface area contributed by atoms with Crippen molar-refractivity contribution in [2.75, 3.05) is 0 Å². The second kappa shape index (κ2) is 5.04. The molecule has 0 saturated carbocycles. The van der Waals surface area contributed by atoms with Gasteiger partial charge >= 0.3 is 6.18 Å². The normalized spacial score (nSPS) is 13.5. The molecule has 0 aromatic carbocycles. The van der Waals surface area contributed by atoms with Crippen LogP contribution in [-0.2, 0) is 4.79 Å². The number of aromatic nitrogens is 2. The van der Waals surface area contributed by atoms with Crippen LogP contribution in [0.25, 0.3) is 10.7 Å². The molecule has 2 aromatic heterocycles. The first kappa shape index (κ1) is 14.2. The molecule has 0 aliphatic carbocycles. The Kier molecular flexibility index (Phi) is 3.77. The Morgan fingerprint density at radius 3 is 2.68 bits per heavy atom. The smallest absolute Gasteiger partial charge is 0.338 e. The van der Waals surface area contributed by atoms with E-state index in [1.165, 1.54) is 11.3 Å². The fourth-order valence-electron chi connectivity index (χ4n) is 1.30. The molecule has 1 atom stereocenters. The lowest BCUT2D eigenvalue weighted by Crippen LogP contribution is -2.27. The third-order valence-electron chi connectivity index (χ3n) is 2.28. The first-order valence-corrected chi connectivity index (χ1v) is 6.60. The zero-order valence-corrected chi connectivity index (χ0v) is 11.8. The number of carbonyl (C=O) groups excluding carboxylic acids is 1. The molecule has 0 spiro atoms. The van der Waals surface area contributed by atoms with Crippen LogP contribution in [0, 0.1) is 0 Å². The van der Waals surface area contributed by atoms with Crippen molar-refractivity contribution >= 4 is 33.0 Å². The predicted octanol–water partition coefficient (Wildman–Crippen LogP) is 3.80. The van der Waals surface area contributed by atoms with Gasteiger partial charge in [0, 0.05) is 0 Å². The summed E-state index contributed by atoms with van der Waals surface area (Å²) in [5.74, 6) is -3.60. The van der Waals surface area contributed by atoms with Gasteiger partial charge in [-0.3, -0.25) is 4.79 Å². The van der Waals surface area contributed by atoms with E-state index < -0.39 is 17.9 Å². The molecule has 2 aromatic rings. The third-order valence-corrected chi connectivity index (χ3v) is 3.90. The number of ketones is 1. The quantitative estimate of drug-likeness (QED) is 0.841. The van der Waals surface area contributed by atoms with Crippen molar-refractivity contribution in [3.63, 3.8) is 0 Å². The van der Waals surface area contributed by atoms with E-state index in [0.717, 1.165) is 10.7 Å². The van der Waals surface area contributed by atoms with Gasteiger partial charge in [0.25, 0.3) is 0 Å². The van der Waals surface area contributed by atoms with Crippen LogP contribution < -0.4 is 0 Å². The topological polar surface area (TPSA) is 56.0 Å². The highest BCUT2D eigenvalue weighted by Crippen LogP contribution is 2.31. The molecule has 2 rings (SSSR count). The summed E-state index contributed by atoms with van der Waals surface area (Å²) in [6.07, 6.45) is -4.92. The fourth-order valence-corrected chi connectivity index (χ4v) is 2.62. The molecule has 0 saturated heterocycles. The number of nitrogens with zero attached hydrogens (tertiary/aromatic N) is 2. The lowest BCUT2D eigenvalue weighted by molar-refractivity contribution is -0.172. The second-order valence-electron chi connectivity index (χ2n) is 3.64. The van der Waals surface area contributed by atoms with Gasteiger partial charge in [-0.1, -0.05) is 5.16 Å². The van der Waals surface area contributed by atoms with E-state index in [-0.39, 0.29) is 11.7 Å². The van der Waals surface area contributed by atoms with E-state index in [0.29, 0.717) is 4.88 Å². The molecule has 19 heavy (non-hydrogen) atoms. The van der Waals surface area contributed by atoms with Gasteiger partial charge < -0.3 is 4.52 Å². The molecule has 0 N–H and O–H groups in total.